The molecule has 0 radical (unpaired) electrons. The lowest BCUT2D eigenvalue weighted by molar-refractivity contribution is -0.158. The highest BCUT2D eigenvalue weighted by molar-refractivity contribution is 5.86. The fourth-order valence-corrected chi connectivity index (χ4v) is 2.89. The summed E-state index contributed by atoms with van der Waals surface area (Å²) in [6, 6.07) is 5.04. The predicted octanol–water partition coefficient (Wildman–Crippen LogP) is 4.11. The molecule has 0 aliphatic rings. The van der Waals surface area contributed by atoms with Crippen LogP contribution in [0, 0.1) is 0 Å². The van der Waals surface area contributed by atoms with Crippen LogP contribution >= 0.6 is 0 Å². The summed E-state index contributed by atoms with van der Waals surface area (Å²) in [5.41, 5.74) is 12.9. The smallest absolute Gasteiger partial charge is 0.334 e. The van der Waals surface area contributed by atoms with Gasteiger partial charge in [-0.2, -0.15) is 0 Å². The van der Waals surface area contributed by atoms with Crippen LogP contribution in [0.1, 0.15) is 72.8 Å². The summed E-state index contributed by atoms with van der Waals surface area (Å²) in [4.78, 5) is 51.7. The molecule has 0 saturated heterocycles. The number of carbonyl (C=O) groups excluding carboxylic acids is 4. The van der Waals surface area contributed by atoms with E-state index in [4.69, 9.17) is 15.0 Å². The van der Waals surface area contributed by atoms with Gasteiger partial charge in [0.05, 0.1) is 0 Å². The van der Waals surface area contributed by atoms with Crippen molar-refractivity contribution in [3.63, 3.8) is 0 Å². The van der Waals surface area contributed by atoms with Gasteiger partial charge in [-0.15, -0.1) is 0 Å². The van der Waals surface area contributed by atoms with Crippen LogP contribution in [0.15, 0.2) is 29.4 Å². The molecular formula is C24H36N6O6. The first-order valence-corrected chi connectivity index (χ1v) is 11.6. The molecule has 198 valence electrons. The van der Waals surface area contributed by atoms with Crippen LogP contribution in [0.3, 0.4) is 0 Å². The van der Waals surface area contributed by atoms with Gasteiger partial charge in [0.1, 0.15) is 17.2 Å². The molecule has 3 N–H and O–H groups in total. The fraction of sp³-hybridized carbons (Fsp3) is 0.583. The van der Waals surface area contributed by atoms with Gasteiger partial charge in [-0.05, 0) is 71.9 Å². The lowest BCUT2D eigenvalue weighted by Crippen LogP contribution is -2.52. The van der Waals surface area contributed by atoms with Gasteiger partial charge in [0.15, 0.2) is 0 Å². The molecule has 0 spiro atoms. The van der Waals surface area contributed by atoms with E-state index >= 15 is 0 Å². The highest BCUT2D eigenvalue weighted by Gasteiger charge is 2.28. The zero-order valence-corrected chi connectivity index (χ0v) is 21.7. The van der Waals surface area contributed by atoms with Gasteiger partial charge in [0.2, 0.25) is 5.91 Å². The van der Waals surface area contributed by atoms with E-state index in [2.05, 4.69) is 26.2 Å². The quantitative estimate of drug-likeness (QED) is 0.142. The monoisotopic (exact) mass is 504 g/mol. The molecule has 0 aromatic heterocycles. The highest BCUT2D eigenvalue weighted by atomic mass is 16.6. The Labute approximate surface area is 211 Å². The molecule has 12 heteroatoms. The molecule has 1 aromatic rings. The van der Waals surface area contributed by atoms with Crippen molar-refractivity contribution in [1.82, 2.24) is 16.2 Å². The average Bonchev–Trinajstić information content (AvgIpc) is 2.74. The molecule has 36 heavy (non-hydrogen) atoms. The molecule has 0 bridgehead atoms. The van der Waals surface area contributed by atoms with Crippen molar-refractivity contribution >= 4 is 29.6 Å². The number of benzene rings is 1. The second kappa shape index (κ2) is 13.9. The molecule has 0 saturated carbocycles. The normalized spacial score (nSPS) is 11.9. The van der Waals surface area contributed by atoms with E-state index in [0.29, 0.717) is 18.5 Å². The lowest BCUT2D eigenvalue weighted by atomic mass is 10.1. The van der Waals surface area contributed by atoms with Gasteiger partial charge < -0.3 is 14.8 Å². The van der Waals surface area contributed by atoms with Crippen LogP contribution in [0.25, 0.3) is 10.4 Å². The summed E-state index contributed by atoms with van der Waals surface area (Å²) in [6.07, 6.45) is 1.13. The number of nitrogens with one attached hydrogen (secondary N) is 3. The summed E-state index contributed by atoms with van der Waals surface area (Å²) in [6.45, 7) is 10.2. The average molecular weight is 505 g/mol. The van der Waals surface area contributed by atoms with Gasteiger partial charge in [0.25, 0.3) is 0 Å². The molecule has 12 nitrogen and oxygen atoms in total. The van der Waals surface area contributed by atoms with Crippen molar-refractivity contribution in [3.05, 3.63) is 40.3 Å². The number of amides is 3. The van der Waals surface area contributed by atoms with Crippen LogP contribution < -0.4 is 16.2 Å². The molecule has 3 amide bonds. The highest BCUT2D eigenvalue weighted by Crippen LogP contribution is 2.15. The minimum atomic E-state index is -1.12. The Morgan fingerprint density at radius 3 is 2.11 bits per heavy atom. The number of rotatable bonds is 10. The molecule has 1 aromatic carbocycles. The number of azide groups is 1. The molecule has 0 aliphatic carbocycles. The zero-order chi connectivity index (χ0) is 27.4. The van der Waals surface area contributed by atoms with Crippen LogP contribution in [-0.4, -0.2) is 41.1 Å². The van der Waals surface area contributed by atoms with Crippen molar-refractivity contribution < 1.29 is 28.7 Å². The Hall–Kier alpha value is -3.79. The number of ether oxygens (including phenoxy) is 2. The summed E-state index contributed by atoms with van der Waals surface area (Å²) in [5.74, 6) is -1.64. The summed E-state index contributed by atoms with van der Waals surface area (Å²) >= 11 is 0. The van der Waals surface area contributed by atoms with E-state index in [-0.39, 0.29) is 19.3 Å². The SMILES string of the molecule is CC(C)(C)OC(=O)CC[C@H](NC(=O)NNC(=O)CCCc1ccc(N=[N+]=[N-])cc1)C(=O)OC(C)(C)C. The van der Waals surface area contributed by atoms with Crippen LogP contribution in [0.5, 0.6) is 0 Å². The minimum absolute atomic E-state index is 0.0380. The van der Waals surface area contributed by atoms with E-state index in [0.717, 1.165) is 5.56 Å². The molecule has 0 aliphatic heterocycles. The number of aryl methyl sites for hydroxylation is 1. The zero-order valence-electron chi connectivity index (χ0n) is 21.7. The maximum Gasteiger partial charge on any atom is 0.334 e. The van der Waals surface area contributed by atoms with Crippen molar-refractivity contribution in [2.75, 3.05) is 0 Å². The van der Waals surface area contributed by atoms with Crippen molar-refractivity contribution in [2.45, 2.75) is 90.9 Å². The Bertz CT molecular complexity index is 959. The van der Waals surface area contributed by atoms with E-state index in [1.54, 1.807) is 53.7 Å². The third kappa shape index (κ3) is 13.8. The molecule has 1 atom stereocenters. The van der Waals surface area contributed by atoms with Crippen molar-refractivity contribution in [1.29, 1.82) is 0 Å². The lowest BCUT2D eigenvalue weighted by Gasteiger charge is -2.25. The predicted molar refractivity (Wildman–Crippen MR) is 133 cm³/mol. The largest absolute Gasteiger partial charge is 0.460 e. The van der Waals surface area contributed by atoms with Gasteiger partial charge in [-0.3, -0.25) is 15.0 Å². The standard InChI is InChI=1S/C24H36N6O6/c1-23(2,3)35-20(32)15-14-18(21(33)36-24(4,5)6)26-22(34)29-28-19(31)9-7-8-16-10-12-17(13-11-16)27-30-25/h10-13,18H,7-9,14-15H2,1-6H3,(H,28,31)(H2,26,29,34)/t18-/m0/s1. The van der Waals surface area contributed by atoms with Crippen LogP contribution in [0.2, 0.25) is 0 Å². The number of hydrogen-bond acceptors (Lipinski definition) is 7. The number of hydrogen-bond donors (Lipinski definition) is 3. The Morgan fingerprint density at radius 2 is 1.56 bits per heavy atom. The van der Waals surface area contributed by atoms with E-state index in [9.17, 15) is 19.2 Å². The summed E-state index contributed by atoms with van der Waals surface area (Å²) in [5, 5.41) is 5.93. The van der Waals surface area contributed by atoms with Crippen molar-refractivity contribution in [2.24, 2.45) is 5.11 Å². The van der Waals surface area contributed by atoms with E-state index in [1.807, 2.05) is 12.1 Å². The van der Waals surface area contributed by atoms with Crippen LogP contribution in [-0.2, 0) is 30.3 Å². The number of hydrazine groups is 1. The fourth-order valence-electron chi connectivity index (χ4n) is 2.89. The van der Waals surface area contributed by atoms with Gasteiger partial charge >= 0.3 is 18.0 Å². The number of esters is 2. The molecule has 0 fully saturated rings. The second-order valence-corrected chi connectivity index (χ2v) is 10.1. The maximum atomic E-state index is 12.5. The van der Waals surface area contributed by atoms with Gasteiger partial charge in [0, 0.05) is 23.4 Å². The van der Waals surface area contributed by atoms with E-state index < -0.39 is 41.1 Å². The number of nitrogens with zero attached hydrogens (tertiary/aromatic N) is 3. The number of urea groups is 1. The molecular weight excluding hydrogens is 468 g/mol. The number of carbonyl (C=O) groups is 4. The third-order valence-electron chi connectivity index (χ3n) is 4.34. The summed E-state index contributed by atoms with van der Waals surface area (Å²) < 4.78 is 10.6. The van der Waals surface area contributed by atoms with Crippen molar-refractivity contribution in [3.8, 4) is 0 Å². The first-order chi connectivity index (χ1) is 16.7. The van der Waals surface area contributed by atoms with E-state index in [1.165, 1.54) is 0 Å². The Kier molecular flexibility index (Phi) is 11.7. The summed E-state index contributed by atoms with van der Waals surface area (Å²) in [7, 11) is 0. The van der Waals surface area contributed by atoms with Gasteiger partial charge in [-0.1, -0.05) is 29.4 Å². The topological polar surface area (TPSA) is 172 Å². The third-order valence-corrected chi connectivity index (χ3v) is 4.34. The molecule has 0 unspecified atom stereocenters. The Morgan fingerprint density at radius 1 is 0.944 bits per heavy atom. The van der Waals surface area contributed by atoms with Crippen LogP contribution in [0.4, 0.5) is 10.5 Å². The maximum absolute atomic E-state index is 12.5. The first kappa shape index (κ1) is 30.2. The van der Waals surface area contributed by atoms with Gasteiger partial charge in [-0.25, -0.2) is 15.0 Å². The Balaban J connectivity index is 2.53. The second-order valence-electron chi connectivity index (χ2n) is 10.1. The molecule has 1 rings (SSSR count). The minimum Gasteiger partial charge on any atom is -0.460 e. The first-order valence-electron chi connectivity index (χ1n) is 11.6. The molecule has 0 heterocycles.